The molecule has 0 aromatic rings. The van der Waals surface area contributed by atoms with Crippen LogP contribution < -0.4 is 18.9 Å². The molecule has 0 rings (SSSR count). The molecule has 68 valence electrons. The summed E-state index contributed by atoms with van der Waals surface area (Å²) in [6.07, 6.45) is 0. The third-order valence-corrected chi connectivity index (χ3v) is 0.567. The van der Waals surface area contributed by atoms with Crippen LogP contribution in [-0.4, -0.2) is 36.7 Å². The summed E-state index contributed by atoms with van der Waals surface area (Å²) < 4.78 is 49.5. The largest absolute Gasteiger partial charge is 1.00 e. The van der Waals surface area contributed by atoms with E-state index in [0.29, 0.717) is 0 Å². The number of alkyl halides is 3. The van der Waals surface area contributed by atoms with Crippen LogP contribution in [-0.2, 0) is 11.1 Å². The molecule has 0 aliphatic heterocycles. The Morgan fingerprint density at radius 1 is 1.25 bits per heavy atom. The van der Waals surface area contributed by atoms with E-state index in [1.54, 1.807) is 0 Å². The van der Waals surface area contributed by atoms with E-state index >= 15 is 0 Å². The molecule has 0 aromatic heterocycles. The smallest absolute Gasteiger partial charge is 0.766 e. The summed E-state index contributed by atoms with van der Waals surface area (Å²) in [6, 6.07) is 0. The standard InChI is InChI=1S/CHF3O2S.BH3O3.Li/c2-1(3,4)7(5)6;2-1(3)4;/h(H,5,6);2-4H;/q;;+1/p-1. The van der Waals surface area contributed by atoms with Gasteiger partial charge >= 0.3 is 31.7 Å². The molecule has 0 fully saturated rings. The third kappa shape index (κ3) is 22.4. The van der Waals surface area contributed by atoms with Crippen LogP contribution in [0.15, 0.2) is 0 Å². The van der Waals surface area contributed by atoms with Crippen molar-refractivity contribution in [1.82, 2.24) is 0 Å². The van der Waals surface area contributed by atoms with Gasteiger partial charge in [-0.25, -0.2) is 0 Å². The molecule has 0 saturated carbocycles. The first-order valence-electron chi connectivity index (χ1n) is 1.88. The van der Waals surface area contributed by atoms with Crippen molar-refractivity contribution in [3.05, 3.63) is 0 Å². The third-order valence-electron chi connectivity index (χ3n) is 0.189. The monoisotopic (exact) mass is 202 g/mol. The molecule has 0 heterocycles. The van der Waals surface area contributed by atoms with E-state index < -0.39 is 23.9 Å². The maximum atomic E-state index is 10.6. The van der Waals surface area contributed by atoms with Crippen molar-refractivity contribution in [3.63, 3.8) is 0 Å². The molecule has 0 saturated heterocycles. The molecule has 5 nitrogen and oxygen atoms in total. The molecule has 0 aromatic carbocycles. The van der Waals surface area contributed by atoms with Gasteiger partial charge in [0.1, 0.15) is 0 Å². The number of hydrogen-bond donors (Lipinski definition) is 3. The van der Waals surface area contributed by atoms with Crippen LogP contribution >= 0.6 is 0 Å². The minimum Gasteiger partial charge on any atom is -0.766 e. The zero-order valence-electron chi connectivity index (χ0n) is 5.78. The Labute approximate surface area is 80.2 Å². The van der Waals surface area contributed by atoms with Crippen molar-refractivity contribution in [1.29, 1.82) is 0 Å². The summed E-state index contributed by atoms with van der Waals surface area (Å²) in [4.78, 5) is 0. The molecule has 0 aliphatic carbocycles. The van der Waals surface area contributed by atoms with Crippen LogP contribution in [0, 0.1) is 0 Å². The van der Waals surface area contributed by atoms with Gasteiger partial charge in [-0.3, -0.25) is 4.21 Å². The Balaban J connectivity index is -0.000000142. The fourth-order valence-electron chi connectivity index (χ4n) is 0. The molecule has 0 radical (unpaired) electrons. The van der Waals surface area contributed by atoms with E-state index in [4.69, 9.17) is 23.8 Å². The fraction of sp³-hybridized carbons (Fsp3) is 1.00. The topological polar surface area (TPSA) is 101 Å². The molecule has 0 spiro atoms. The number of rotatable bonds is 0. The van der Waals surface area contributed by atoms with Gasteiger partial charge in [0, 0.05) is 0 Å². The molecule has 0 amide bonds. The van der Waals surface area contributed by atoms with Crippen LogP contribution in [0.25, 0.3) is 0 Å². The van der Waals surface area contributed by atoms with Crippen LogP contribution in [0.3, 0.4) is 0 Å². The summed E-state index contributed by atoms with van der Waals surface area (Å²) in [6.45, 7) is 0. The Hall–Kier alpha value is 0.442. The van der Waals surface area contributed by atoms with Crippen molar-refractivity contribution in [2.45, 2.75) is 5.51 Å². The van der Waals surface area contributed by atoms with Gasteiger partial charge in [-0.2, -0.15) is 13.2 Å². The quantitative estimate of drug-likeness (QED) is 0.270. The van der Waals surface area contributed by atoms with Gasteiger partial charge in [0.2, 0.25) is 0 Å². The zero-order chi connectivity index (χ0) is 9.65. The van der Waals surface area contributed by atoms with Crippen molar-refractivity contribution < 1.29 is 55.9 Å². The summed E-state index contributed by atoms with van der Waals surface area (Å²) in [5, 5.41) is 21.5. The van der Waals surface area contributed by atoms with Crippen LogP contribution in [0.4, 0.5) is 13.2 Å². The Kier molecular flexibility index (Phi) is 12.3. The van der Waals surface area contributed by atoms with Gasteiger partial charge in [0.05, 0.1) is 11.1 Å². The molecule has 0 bridgehead atoms. The molecule has 11 heteroatoms. The summed E-state index contributed by atoms with van der Waals surface area (Å²) in [5.74, 6) is 0. The van der Waals surface area contributed by atoms with Gasteiger partial charge in [0.25, 0.3) is 0 Å². The normalized spacial score (nSPS) is 11.9. The van der Waals surface area contributed by atoms with Crippen LogP contribution in [0.5, 0.6) is 0 Å². The maximum absolute atomic E-state index is 10.6. The van der Waals surface area contributed by atoms with Crippen molar-refractivity contribution in [2.24, 2.45) is 0 Å². The Bertz CT molecular complexity index is 126. The van der Waals surface area contributed by atoms with Crippen molar-refractivity contribution in [2.75, 3.05) is 0 Å². The molecular formula is CH3BF3LiO5S. The minimum absolute atomic E-state index is 0. The number of hydrogen-bond acceptors (Lipinski definition) is 5. The predicted molar refractivity (Wildman–Crippen MR) is 27.4 cm³/mol. The predicted octanol–water partition coefficient (Wildman–Crippen LogP) is -4.66. The summed E-state index contributed by atoms with van der Waals surface area (Å²) in [5.41, 5.74) is -5.08. The van der Waals surface area contributed by atoms with Crippen molar-refractivity contribution in [3.8, 4) is 0 Å². The maximum Gasteiger partial charge on any atom is 1.00 e. The first-order valence-corrected chi connectivity index (χ1v) is 2.95. The average Bonchev–Trinajstić information content (AvgIpc) is 1.59. The summed E-state index contributed by atoms with van der Waals surface area (Å²) >= 11 is -3.93. The van der Waals surface area contributed by atoms with Gasteiger partial charge in [-0.15, -0.1) is 0 Å². The summed E-state index contributed by atoms with van der Waals surface area (Å²) in [7, 11) is -2.17. The molecular weight excluding hydrogens is 199 g/mol. The van der Waals surface area contributed by atoms with Gasteiger partial charge in [0.15, 0.2) is 0 Å². The van der Waals surface area contributed by atoms with E-state index in [0.717, 1.165) is 0 Å². The Morgan fingerprint density at radius 3 is 1.33 bits per heavy atom. The minimum atomic E-state index is -5.08. The second kappa shape index (κ2) is 8.06. The second-order valence-electron chi connectivity index (χ2n) is 1.03. The first kappa shape index (κ1) is 18.3. The fourth-order valence-corrected chi connectivity index (χ4v) is 0. The molecule has 1 atom stereocenters. The second-order valence-corrected chi connectivity index (χ2v) is 1.96. The zero-order valence-corrected chi connectivity index (χ0v) is 6.59. The molecule has 1 unspecified atom stereocenters. The van der Waals surface area contributed by atoms with E-state index in [1.807, 2.05) is 0 Å². The van der Waals surface area contributed by atoms with Crippen LogP contribution in [0.1, 0.15) is 0 Å². The number of halogens is 3. The van der Waals surface area contributed by atoms with Gasteiger partial charge < -0.3 is 19.6 Å². The van der Waals surface area contributed by atoms with E-state index in [2.05, 4.69) is 0 Å². The first-order chi connectivity index (χ1) is 4.68. The van der Waals surface area contributed by atoms with Gasteiger partial charge in [-0.1, -0.05) is 0 Å². The molecule has 12 heavy (non-hydrogen) atoms. The molecule has 3 N–H and O–H groups in total. The van der Waals surface area contributed by atoms with E-state index in [9.17, 15) is 13.2 Å². The molecule has 0 aliphatic rings. The van der Waals surface area contributed by atoms with E-state index in [-0.39, 0.29) is 18.9 Å². The SMILES string of the molecule is O=S([O-])C(F)(F)F.OB(O)O.[Li+]. The average molecular weight is 202 g/mol. The van der Waals surface area contributed by atoms with Gasteiger partial charge in [-0.05, 0) is 0 Å². The van der Waals surface area contributed by atoms with E-state index in [1.165, 1.54) is 0 Å². The van der Waals surface area contributed by atoms with Crippen LogP contribution in [0.2, 0.25) is 0 Å². The Morgan fingerprint density at radius 2 is 1.33 bits per heavy atom. The van der Waals surface area contributed by atoms with Crippen molar-refractivity contribution >= 4 is 18.4 Å².